The molecule has 0 saturated carbocycles. The van der Waals surface area contributed by atoms with Crippen molar-refractivity contribution in [2.45, 2.75) is 19.8 Å². The van der Waals surface area contributed by atoms with Crippen molar-refractivity contribution in [2.24, 2.45) is 7.05 Å². The largest absolute Gasteiger partial charge is 0.506 e. The first-order valence-electron chi connectivity index (χ1n) is 8.59. The molecule has 0 saturated heterocycles. The maximum absolute atomic E-state index is 13.3. The standard InChI is InChI=1S/C21H18FNO5/c1-12(24)6-9-18(25)19-20(26)16-8-7-15(11-17(16)23(2)21(19)27)28-14-5-3-4-13(22)10-14/h3-5,7-8,10-11,26H,6,9H2,1-2H3. The number of rotatable bonds is 6. The van der Waals surface area contributed by atoms with Gasteiger partial charge in [-0.05, 0) is 31.2 Å². The summed E-state index contributed by atoms with van der Waals surface area (Å²) in [5, 5.41) is 10.8. The predicted octanol–water partition coefficient (Wildman–Crippen LogP) is 3.73. The molecular weight excluding hydrogens is 365 g/mol. The molecule has 144 valence electrons. The van der Waals surface area contributed by atoms with E-state index in [-0.39, 0.29) is 29.9 Å². The number of aromatic nitrogens is 1. The summed E-state index contributed by atoms with van der Waals surface area (Å²) in [5.74, 6) is -1.02. The molecule has 0 aliphatic heterocycles. The van der Waals surface area contributed by atoms with E-state index in [1.807, 2.05) is 0 Å². The highest BCUT2D eigenvalue weighted by molar-refractivity contribution is 6.04. The Bertz CT molecular complexity index is 1150. The fraction of sp³-hybridized carbons (Fsp3) is 0.190. The van der Waals surface area contributed by atoms with E-state index in [0.29, 0.717) is 16.7 Å². The lowest BCUT2D eigenvalue weighted by atomic mass is 10.0. The summed E-state index contributed by atoms with van der Waals surface area (Å²) in [5.41, 5.74) is -0.656. The van der Waals surface area contributed by atoms with Crippen LogP contribution in [0.3, 0.4) is 0 Å². The van der Waals surface area contributed by atoms with Crippen LogP contribution in [0.1, 0.15) is 30.1 Å². The van der Waals surface area contributed by atoms with Gasteiger partial charge in [-0.1, -0.05) is 6.07 Å². The van der Waals surface area contributed by atoms with Gasteiger partial charge < -0.3 is 19.2 Å². The SMILES string of the molecule is CC(=O)CCC(=O)c1c(O)c2ccc(Oc3cccc(F)c3)cc2n(C)c1=O. The monoisotopic (exact) mass is 383 g/mol. The van der Waals surface area contributed by atoms with Gasteiger partial charge in [-0.3, -0.25) is 9.59 Å². The van der Waals surface area contributed by atoms with E-state index in [0.717, 1.165) is 0 Å². The highest BCUT2D eigenvalue weighted by Gasteiger charge is 2.21. The summed E-state index contributed by atoms with van der Waals surface area (Å²) in [6.07, 6.45) is -0.149. The topological polar surface area (TPSA) is 85.6 Å². The number of Topliss-reactive ketones (excluding diaryl/α,β-unsaturated/α-hetero) is 2. The summed E-state index contributed by atoms with van der Waals surface area (Å²) < 4.78 is 20.1. The molecule has 0 unspecified atom stereocenters. The Kier molecular flexibility index (Phi) is 5.26. The van der Waals surface area contributed by atoms with Crippen LogP contribution in [0.25, 0.3) is 10.9 Å². The van der Waals surface area contributed by atoms with Crippen LogP contribution >= 0.6 is 0 Å². The second-order valence-corrected chi connectivity index (χ2v) is 6.45. The maximum atomic E-state index is 13.3. The number of hydrogen-bond donors (Lipinski definition) is 1. The third-order valence-corrected chi connectivity index (χ3v) is 4.36. The van der Waals surface area contributed by atoms with Gasteiger partial charge in [-0.2, -0.15) is 0 Å². The van der Waals surface area contributed by atoms with Crippen molar-refractivity contribution < 1.29 is 23.8 Å². The van der Waals surface area contributed by atoms with Gasteiger partial charge in [0.2, 0.25) is 0 Å². The van der Waals surface area contributed by atoms with Gasteiger partial charge >= 0.3 is 0 Å². The van der Waals surface area contributed by atoms with Crippen LogP contribution < -0.4 is 10.3 Å². The third kappa shape index (κ3) is 3.78. The number of fused-ring (bicyclic) bond motifs is 1. The van der Waals surface area contributed by atoms with Crippen LogP contribution in [-0.2, 0) is 11.8 Å². The quantitative estimate of drug-likeness (QED) is 0.656. The van der Waals surface area contributed by atoms with Crippen LogP contribution in [0.15, 0.2) is 47.3 Å². The van der Waals surface area contributed by atoms with Crippen molar-refractivity contribution in [3.63, 3.8) is 0 Å². The van der Waals surface area contributed by atoms with Gasteiger partial charge in [-0.15, -0.1) is 0 Å². The van der Waals surface area contributed by atoms with Crippen molar-refractivity contribution >= 4 is 22.5 Å². The second-order valence-electron chi connectivity index (χ2n) is 6.45. The van der Waals surface area contributed by atoms with E-state index in [9.17, 15) is 23.9 Å². The average molecular weight is 383 g/mol. The Morgan fingerprint density at radius 1 is 1.11 bits per heavy atom. The fourth-order valence-electron chi connectivity index (χ4n) is 2.90. The highest BCUT2D eigenvalue weighted by Crippen LogP contribution is 2.31. The molecule has 0 spiro atoms. The molecule has 28 heavy (non-hydrogen) atoms. The fourth-order valence-corrected chi connectivity index (χ4v) is 2.90. The number of carbonyl (C=O) groups excluding carboxylic acids is 2. The molecule has 1 heterocycles. The Hall–Kier alpha value is -3.48. The van der Waals surface area contributed by atoms with E-state index in [4.69, 9.17) is 4.74 Å². The number of carbonyl (C=O) groups is 2. The van der Waals surface area contributed by atoms with Gasteiger partial charge in [0.25, 0.3) is 5.56 Å². The first-order chi connectivity index (χ1) is 13.3. The zero-order chi connectivity index (χ0) is 20.4. The molecule has 1 aromatic heterocycles. The van der Waals surface area contributed by atoms with Crippen LogP contribution in [0.2, 0.25) is 0 Å². The normalized spacial score (nSPS) is 10.8. The molecule has 0 fully saturated rings. The van der Waals surface area contributed by atoms with Crippen LogP contribution in [0, 0.1) is 5.82 Å². The molecule has 0 atom stereocenters. The zero-order valence-corrected chi connectivity index (χ0v) is 15.4. The maximum Gasteiger partial charge on any atom is 0.265 e. The summed E-state index contributed by atoms with van der Waals surface area (Å²) in [7, 11) is 1.47. The number of ether oxygens (including phenoxy) is 1. The van der Waals surface area contributed by atoms with Gasteiger partial charge in [-0.25, -0.2) is 4.39 Å². The predicted molar refractivity (Wildman–Crippen MR) is 102 cm³/mol. The molecule has 7 heteroatoms. The first kappa shape index (κ1) is 19.3. The van der Waals surface area contributed by atoms with Crippen molar-refractivity contribution in [1.29, 1.82) is 0 Å². The molecule has 2 aromatic carbocycles. The number of pyridine rings is 1. The molecule has 3 rings (SSSR count). The van der Waals surface area contributed by atoms with Gasteiger partial charge in [0.1, 0.15) is 34.4 Å². The lowest BCUT2D eigenvalue weighted by molar-refractivity contribution is -0.116. The van der Waals surface area contributed by atoms with E-state index in [1.165, 1.54) is 48.9 Å². The van der Waals surface area contributed by atoms with Crippen LogP contribution in [0.5, 0.6) is 17.2 Å². The van der Waals surface area contributed by atoms with Crippen molar-refractivity contribution in [1.82, 2.24) is 4.57 Å². The molecule has 0 radical (unpaired) electrons. The number of hydrogen-bond acceptors (Lipinski definition) is 5. The molecule has 6 nitrogen and oxygen atoms in total. The number of halogens is 1. The molecular formula is C21H18FNO5. The van der Waals surface area contributed by atoms with Crippen molar-refractivity contribution in [3.05, 3.63) is 64.2 Å². The van der Waals surface area contributed by atoms with E-state index >= 15 is 0 Å². The Morgan fingerprint density at radius 2 is 1.82 bits per heavy atom. The first-order valence-corrected chi connectivity index (χ1v) is 8.59. The molecule has 0 bridgehead atoms. The van der Waals surface area contributed by atoms with Gasteiger partial charge in [0.15, 0.2) is 5.78 Å². The summed E-state index contributed by atoms with van der Waals surface area (Å²) in [6, 6.07) is 10.2. The third-order valence-electron chi connectivity index (χ3n) is 4.36. The number of aromatic hydroxyl groups is 1. The number of benzene rings is 2. The lowest BCUT2D eigenvalue weighted by Crippen LogP contribution is -2.25. The van der Waals surface area contributed by atoms with Gasteiger partial charge in [0.05, 0.1) is 5.52 Å². The second kappa shape index (κ2) is 7.64. The molecule has 3 aromatic rings. The highest BCUT2D eigenvalue weighted by atomic mass is 19.1. The minimum atomic E-state index is -0.665. The smallest absolute Gasteiger partial charge is 0.265 e. The Labute approximate surface area is 159 Å². The molecule has 0 aliphatic carbocycles. The van der Waals surface area contributed by atoms with Crippen molar-refractivity contribution in [2.75, 3.05) is 0 Å². The zero-order valence-electron chi connectivity index (χ0n) is 15.4. The Balaban J connectivity index is 2.04. The summed E-state index contributed by atoms with van der Waals surface area (Å²) in [4.78, 5) is 36.1. The van der Waals surface area contributed by atoms with E-state index in [2.05, 4.69) is 0 Å². The minimum absolute atomic E-state index is 0.000121. The Morgan fingerprint density at radius 3 is 2.50 bits per heavy atom. The molecule has 0 aliphatic rings. The average Bonchev–Trinajstić information content (AvgIpc) is 2.64. The lowest BCUT2D eigenvalue weighted by Gasteiger charge is -2.13. The van der Waals surface area contributed by atoms with Crippen LogP contribution in [-0.4, -0.2) is 21.2 Å². The molecule has 0 amide bonds. The number of aryl methyl sites for hydroxylation is 1. The number of ketones is 2. The summed E-state index contributed by atoms with van der Waals surface area (Å²) in [6.45, 7) is 1.35. The van der Waals surface area contributed by atoms with E-state index in [1.54, 1.807) is 12.1 Å². The minimum Gasteiger partial charge on any atom is -0.506 e. The number of nitrogens with zero attached hydrogens (tertiary/aromatic N) is 1. The van der Waals surface area contributed by atoms with E-state index < -0.39 is 22.9 Å². The van der Waals surface area contributed by atoms with Crippen molar-refractivity contribution in [3.8, 4) is 17.2 Å². The molecule has 1 N–H and O–H groups in total. The summed E-state index contributed by atoms with van der Waals surface area (Å²) >= 11 is 0. The van der Waals surface area contributed by atoms with Crippen LogP contribution in [0.4, 0.5) is 4.39 Å². The van der Waals surface area contributed by atoms with Gasteiger partial charge in [0, 0.05) is 37.4 Å².